The summed E-state index contributed by atoms with van der Waals surface area (Å²) < 4.78 is 0. The number of carbonyl (C=O) groups is 4. The lowest BCUT2D eigenvalue weighted by atomic mass is 9.92. The zero-order chi connectivity index (χ0) is 22.4. The average Bonchev–Trinajstić information content (AvgIpc) is 2.70. The van der Waals surface area contributed by atoms with E-state index in [1.165, 1.54) is 23.1 Å². The van der Waals surface area contributed by atoms with E-state index in [4.69, 9.17) is 10.0 Å². The molecule has 6 N–H and O–H groups in total. The lowest BCUT2D eigenvalue weighted by molar-refractivity contribution is -0.153. The summed E-state index contributed by atoms with van der Waals surface area (Å²) in [5.74, 6) is -3.43. The third kappa shape index (κ3) is 5.61. The number of hydrogen-bond acceptors (Lipinski definition) is 8. The SMILES string of the molecule is CCN1CCN(C(=O)N[C@H](Cc2ccc(O)c(O)c2)C(=O)NCB(O)O)C(=O)C1=O. The van der Waals surface area contributed by atoms with Gasteiger partial charge >= 0.3 is 25.0 Å². The van der Waals surface area contributed by atoms with E-state index in [-0.39, 0.29) is 25.3 Å². The molecule has 1 aliphatic rings. The van der Waals surface area contributed by atoms with Crippen molar-refractivity contribution in [3.8, 4) is 11.5 Å². The van der Waals surface area contributed by atoms with E-state index in [0.29, 0.717) is 17.0 Å². The summed E-state index contributed by atoms with van der Waals surface area (Å²) in [6.45, 7) is 2.13. The maximum absolute atomic E-state index is 12.6. The van der Waals surface area contributed by atoms with Crippen LogP contribution in [-0.4, -0.2) is 93.1 Å². The first kappa shape index (κ1) is 23.0. The number of carbonyl (C=O) groups excluding carboxylic acids is 4. The molecule has 162 valence electrons. The Hall–Kier alpha value is -3.32. The largest absolute Gasteiger partial charge is 0.504 e. The monoisotopic (exact) mass is 422 g/mol. The van der Waals surface area contributed by atoms with Crippen molar-refractivity contribution >= 4 is 30.9 Å². The van der Waals surface area contributed by atoms with Crippen LogP contribution >= 0.6 is 0 Å². The number of likely N-dealkylation sites (N-methyl/N-ethyl adjacent to an activating group) is 1. The molecule has 1 heterocycles. The Kier molecular flexibility index (Phi) is 7.61. The van der Waals surface area contributed by atoms with Crippen LogP contribution in [0, 0.1) is 0 Å². The van der Waals surface area contributed by atoms with Gasteiger partial charge in [-0.05, 0) is 24.6 Å². The third-order valence-electron chi connectivity index (χ3n) is 4.49. The second-order valence-corrected chi connectivity index (χ2v) is 6.60. The molecule has 0 radical (unpaired) electrons. The first-order valence-corrected chi connectivity index (χ1v) is 9.20. The van der Waals surface area contributed by atoms with Gasteiger partial charge in [0.25, 0.3) is 0 Å². The minimum absolute atomic E-state index is 0.0477. The lowest BCUT2D eigenvalue weighted by Gasteiger charge is -2.32. The fraction of sp³-hybridized carbons (Fsp3) is 0.412. The van der Waals surface area contributed by atoms with Crippen molar-refractivity contribution in [1.29, 1.82) is 0 Å². The van der Waals surface area contributed by atoms with Crippen LogP contribution in [0.15, 0.2) is 18.2 Å². The lowest BCUT2D eigenvalue weighted by Crippen LogP contribution is -2.60. The van der Waals surface area contributed by atoms with Gasteiger partial charge in [0.05, 0.1) is 6.44 Å². The summed E-state index contributed by atoms with van der Waals surface area (Å²) >= 11 is 0. The maximum Gasteiger partial charge on any atom is 0.472 e. The Morgan fingerprint density at radius 2 is 1.83 bits per heavy atom. The predicted molar refractivity (Wildman–Crippen MR) is 103 cm³/mol. The van der Waals surface area contributed by atoms with Gasteiger partial charge in [0.1, 0.15) is 6.04 Å². The molecule has 5 amide bonds. The Morgan fingerprint density at radius 1 is 1.13 bits per heavy atom. The summed E-state index contributed by atoms with van der Waals surface area (Å²) in [6.07, 6.45) is -0.650. The highest BCUT2D eigenvalue weighted by atomic mass is 16.4. The Balaban J connectivity index is 2.16. The fourth-order valence-electron chi connectivity index (χ4n) is 2.85. The number of nitrogens with one attached hydrogen (secondary N) is 2. The van der Waals surface area contributed by atoms with Gasteiger partial charge < -0.3 is 35.8 Å². The number of rotatable bonds is 7. The predicted octanol–water partition coefficient (Wildman–Crippen LogP) is -2.46. The van der Waals surface area contributed by atoms with E-state index in [9.17, 15) is 29.4 Å². The normalized spacial score (nSPS) is 15.0. The third-order valence-corrected chi connectivity index (χ3v) is 4.49. The number of aromatic hydroxyl groups is 2. The van der Waals surface area contributed by atoms with E-state index < -0.39 is 49.1 Å². The van der Waals surface area contributed by atoms with Gasteiger partial charge in [0.15, 0.2) is 11.5 Å². The van der Waals surface area contributed by atoms with Gasteiger partial charge in [0.2, 0.25) is 5.91 Å². The van der Waals surface area contributed by atoms with Crippen LogP contribution in [0.1, 0.15) is 12.5 Å². The van der Waals surface area contributed by atoms with Crippen LogP contribution in [-0.2, 0) is 20.8 Å². The molecule has 1 aromatic carbocycles. The maximum atomic E-state index is 12.6. The van der Waals surface area contributed by atoms with Gasteiger partial charge in [0, 0.05) is 26.1 Å². The number of phenols is 2. The number of nitrogens with zero attached hydrogens (tertiary/aromatic N) is 2. The smallest absolute Gasteiger partial charge is 0.472 e. The van der Waals surface area contributed by atoms with E-state index in [1.807, 2.05) is 0 Å². The topological polar surface area (TPSA) is 180 Å². The van der Waals surface area contributed by atoms with Gasteiger partial charge in [-0.3, -0.25) is 19.3 Å². The molecule has 0 aromatic heterocycles. The molecule has 1 atom stereocenters. The molecule has 1 aromatic rings. The molecule has 30 heavy (non-hydrogen) atoms. The van der Waals surface area contributed by atoms with Crippen molar-refractivity contribution in [2.75, 3.05) is 26.1 Å². The average molecular weight is 422 g/mol. The van der Waals surface area contributed by atoms with Gasteiger partial charge in [-0.1, -0.05) is 6.07 Å². The molecular weight excluding hydrogens is 399 g/mol. The number of benzene rings is 1. The molecule has 0 unspecified atom stereocenters. The number of hydrogen-bond donors (Lipinski definition) is 6. The number of phenolic OH excluding ortho intramolecular Hbond substituents is 2. The van der Waals surface area contributed by atoms with Crippen LogP contribution in [0.5, 0.6) is 11.5 Å². The van der Waals surface area contributed by atoms with Crippen LogP contribution in [0.3, 0.4) is 0 Å². The Morgan fingerprint density at radius 3 is 2.43 bits per heavy atom. The van der Waals surface area contributed by atoms with E-state index >= 15 is 0 Å². The minimum Gasteiger partial charge on any atom is -0.504 e. The van der Waals surface area contributed by atoms with Crippen LogP contribution in [0.2, 0.25) is 0 Å². The summed E-state index contributed by atoms with van der Waals surface area (Å²) in [6, 6.07) is 1.57. The Labute approximate surface area is 172 Å². The highest BCUT2D eigenvalue weighted by Crippen LogP contribution is 2.25. The van der Waals surface area contributed by atoms with Crippen molar-refractivity contribution < 1.29 is 39.4 Å². The first-order chi connectivity index (χ1) is 14.1. The van der Waals surface area contributed by atoms with Crippen molar-refractivity contribution in [2.24, 2.45) is 0 Å². The molecule has 0 spiro atoms. The van der Waals surface area contributed by atoms with Crippen molar-refractivity contribution in [3.63, 3.8) is 0 Å². The molecular formula is C17H23BN4O8. The quantitative estimate of drug-likeness (QED) is 0.159. The summed E-state index contributed by atoms with van der Waals surface area (Å²) in [7, 11) is -1.82. The summed E-state index contributed by atoms with van der Waals surface area (Å²) in [5, 5.41) is 41.5. The highest BCUT2D eigenvalue weighted by molar-refractivity contribution is 6.41. The minimum atomic E-state index is -1.82. The molecule has 2 rings (SSSR count). The number of piperazine rings is 1. The number of amides is 5. The van der Waals surface area contributed by atoms with E-state index in [2.05, 4.69) is 10.6 Å². The zero-order valence-electron chi connectivity index (χ0n) is 16.2. The number of urea groups is 1. The first-order valence-electron chi connectivity index (χ1n) is 9.20. The van der Waals surface area contributed by atoms with Crippen molar-refractivity contribution in [3.05, 3.63) is 23.8 Å². The molecule has 1 saturated heterocycles. The second-order valence-electron chi connectivity index (χ2n) is 6.60. The van der Waals surface area contributed by atoms with Crippen LogP contribution in [0.25, 0.3) is 0 Å². The molecule has 0 aliphatic carbocycles. The second kappa shape index (κ2) is 9.94. The van der Waals surface area contributed by atoms with Gasteiger partial charge in [-0.2, -0.15) is 0 Å². The molecule has 12 nitrogen and oxygen atoms in total. The summed E-state index contributed by atoms with van der Waals surface area (Å²) in [4.78, 5) is 51.2. The molecule has 1 aliphatic heterocycles. The standard InChI is InChI=1S/C17H23BN4O8/c1-2-21-5-6-22(16(27)15(21)26)17(28)20-11(14(25)19-9-18(29)30)7-10-3-4-12(23)13(24)8-10/h3-4,8,11,23-24,29-30H,2,5-7,9H2,1H3,(H,19,25)(H,20,28)/t11-/m1/s1. The zero-order valence-corrected chi connectivity index (χ0v) is 16.2. The summed E-state index contributed by atoms with van der Waals surface area (Å²) in [5.41, 5.74) is 0.369. The van der Waals surface area contributed by atoms with Crippen molar-refractivity contribution in [1.82, 2.24) is 20.4 Å². The van der Waals surface area contributed by atoms with Crippen LogP contribution in [0.4, 0.5) is 4.79 Å². The van der Waals surface area contributed by atoms with Crippen molar-refractivity contribution in [2.45, 2.75) is 19.4 Å². The molecule has 0 bridgehead atoms. The Bertz CT molecular complexity index is 834. The highest BCUT2D eigenvalue weighted by Gasteiger charge is 2.36. The van der Waals surface area contributed by atoms with Gasteiger partial charge in [-0.25, -0.2) is 4.79 Å². The number of imide groups is 1. The molecule has 1 fully saturated rings. The fourth-order valence-corrected chi connectivity index (χ4v) is 2.85. The molecule has 0 saturated carbocycles. The van der Waals surface area contributed by atoms with E-state index in [0.717, 1.165) is 0 Å². The van der Waals surface area contributed by atoms with E-state index in [1.54, 1.807) is 6.92 Å². The molecule has 13 heteroatoms. The van der Waals surface area contributed by atoms with Crippen LogP contribution < -0.4 is 10.6 Å². The van der Waals surface area contributed by atoms with Gasteiger partial charge in [-0.15, -0.1) is 0 Å².